The van der Waals surface area contributed by atoms with Gasteiger partial charge >= 0.3 is 0 Å². The van der Waals surface area contributed by atoms with E-state index in [0.29, 0.717) is 6.42 Å². The number of nitrogens with two attached hydrogens (primary N) is 1. The number of halogens is 1. The third kappa shape index (κ3) is 1.86. The minimum Gasteiger partial charge on any atom is -0.324 e. The van der Waals surface area contributed by atoms with Gasteiger partial charge in [-0.15, -0.1) is 0 Å². The lowest BCUT2D eigenvalue weighted by Gasteiger charge is -2.38. The van der Waals surface area contributed by atoms with Gasteiger partial charge in [0.15, 0.2) is 0 Å². The van der Waals surface area contributed by atoms with Crippen LogP contribution in [0.1, 0.15) is 38.7 Å². The number of hydrogen-bond acceptors (Lipinski definition) is 1. The van der Waals surface area contributed by atoms with Gasteiger partial charge in [0.2, 0.25) is 0 Å². The highest BCUT2D eigenvalue weighted by Crippen LogP contribution is 2.46. The van der Waals surface area contributed by atoms with Crippen molar-refractivity contribution in [2.45, 2.75) is 45.1 Å². The zero-order valence-electron chi connectivity index (χ0n) is 10.1. The third-order valence-corrected chi connectivity index (χ3v) is 4.24. The Hall–Kier alpha value is -0.890. The monoisotopic (exact) mass is 221 g/mol. The standard InChI is InChI=1S/C14H20FN/c1-13(2)8-5-9-14(13,16)10-11-6-3-4-7-12(11)15/h3-4,6-7H,5,8-10,16H2,1-2H3. The highest BCUT2D eigenvalue weighted by Gasteiger charge is 2.45. The molecule has 0 spiro atoms. The van der Waals surface area contributed by atoms with Gasteiger partial charge in [-0.3, -0.25) is 0 Å². The van der Waals surface area contributed by atoms with Gasteiger partial charge in [0.25, 0.3) is 0 Å². The molecule has 0 heterocycles. The van der Waals surface area contributed by atoms with E-state index in [0.717, 1.165) is 24.8 Å². The van der Waals surface area contributed by atoms with Crippen molar-refractivity contribution in [3.8, 4) is 0 Å². The van der Waals surface area contributed by atoms with Crippen molar-refractivity contribution < 1.29 is 4.39 Å². The van der Waals surface area contributed by atoms with E-state index >= 15 is 0 Å². The molecule has 0 aromatic heterocycles. The summed E-state index contributed by atoms with van der Waals surface area (Å²) in [6.45, 7) is 4.39. The summed E-state index contributed by atoms with van der Waals surface area (Å²) in [7, 11) is 0. The van der Waals surface area contributed by atoms with Crippen LogP contribution < -0.4 is 5.73 Å². The van der Waals surface area contributed by atoms with Gasteiger partial charge in [-0.1, -0.05) is 38.5 Å². The Morgan fingerprint density at radius 3 is 2.50 bits per heavy atom. The summed E-state index contributed by atoms with van der Waals surface area (Å²) in [5, 5.41) is 0. The first-order valence-electron chi connectivity index (χ1n) is 5.97. The molecule has 1 saturated carbocycles. The van der Waals surface area contributed by atoms with Crippen molar-refractivity contribution >= 4 is 0 Å². The fourth-order valence-corrected chi connectivity index (χ4v) is 2.74. The van der Waals surface area contributed by atoms with Crippen LogP contribution in [0.25, 0.3) is 0 Å². The van der Waals surface area contributed by atoms with Crippen LogP contribution in [0.5, 0.6) is 0 Å². The van der Waals surface area contributed by atoms with Crippen molar-refractivity contribution in [3.63, 3.8) is 0 Å². The van der Waals surface area contributed by atoms with E-state index < -0.39 is 0 Å². The van der Waals surface area contributed by atoms with Crippen LogP contribution in [0.4, 0.5) is 4.39 Å². The largest absolute Gasteiger partial charge is 0.324 e. The second-order valence-electron chi connectivity index (χ2n) is 5.66. The van der Waals surface area contributed by atoms with E-state index in [1.54, 1.807) is 6.07 Å². The van der Waals surface area contributed by atoms with Gasteiger partial charge in [-0.2, -0.15) is 0 Å². The van der Waals surface area contributed by atoms with Crippen molar-refractivity contribution in [1.82, 2.24) is 0 Å². The average molecular weight is 221 g/mol. The summed E-state index contributed by atoms with van der Waals surface area (Å²) in [5.74, 6) is -0.130. The maximum Gasteiger partial charge on any atom is 0.126 e. The minimum absolute atomic E-state index is 0.106. The molecule has 1 fully saturated rings. The first kappa shape index (κ1) is 11.6. The molecule has 2 N–H and O–H groups in total. The molecule has 1 nitrogen and oxygen atoms in total. The number of rotatable bonds is 2. The predicted octanol–water partition coefficient (Wildman–Crippen LogP) is 3.28. The van der Waals surface area contributed by atoms with Crippen LogP contribution in [0.15, 0.2) is 24.3 Å². The van der Waals surface area contributed by atoms with Crippen LogP contribution in [-0.2, 0) is 6.42 Å². The summed E-state index contributed by atoms with van der Waals surface area (Å²) in [5.41, 5.74) is 7.07. The molecule has 1 atom stereocenters. The van der Waals surface area contributed by atoms with Gasteiger partial charge in [0.05, 0.1) is 0 Å². The molecule has 1 unspecified atom stereocenters. The Labute approximate surface area is 96.9 Å². The minimum atomic E-state index is -0.255. The molecule has 2 rings (SSSR count). The summed E-state index contributed by atoms with van der Waals surface area (Å²) >= 11 is 0. The van der Waals surface area contributed by atoms with Gasteiger partial charge in [0.1, 0.15) is 5.82 Å². The summed E-state index contributed by atoms with van der Waals surface area (Å²) in [6, 6.07) is 6.96. The molecule has 1 aromatic carbocycles. The van der Waals surface area contributed by atoms with Crippen molar-refractivity contribution in [3.05, 3.63) is 35.6 Å². The third-order valence-electron chi connectivity index (χ3n) is 4.24. The first-order chi connectivity index (χ1) is 7.45. The molecule has 1 aliphatic rings. The molecule has 0 aliphatic heterocycles. The summed E-state index contributed by atoms with van der Waals surface area (Å²) in [4.78, 5) is 0. The van der Waals surface area contributed by atoms with Gasteiger partial charge < -0.3 is 5.73 Å². The topological polar surface area (TPSA) is 26.0 Å². The Morgan fingerprint density at radius 2 is 1.94 bits per heavy atom. The van der Waals surface area contributed by atoms with E-state index in [4.69, 9.17) is 5.73 Å². The highest BCUT2D eigenvalue weighted by atomic mass is 19.1. The molecule has 1 aliphatic carbocycles. The van der Waals surface area contributed by atoms with Gasteiger partial charge in [-0.05, 0) is 36.3 Å². The SMILES string of the molecule is CC1(C)CCCC1(N)Cc1ccccc1F. The maximum atomic E-state index is 13.6. The van der Waals surface area contributed by atoms with Crippen LogP contribution >= 0.6 is 0 Å². The fourth-order valence-electron chi connectivity index (χ4n) is 2.74. The maximum absolute atomic E-state index is 13.6. The van der Waals surface area contributed by atoms with E-state index in [1.165, 1.54) is 6.07 Å². The summed E-state index contributed by atoms with van der Waals surface area (Å²) < 4.78 is 13.6. The van der Waals surface area contributed by atoms with Gasteiger partial charge in [-0.25, -0.2) is 4.39 Å². The molecule has 0 saturated heterocycles. The Balaban J connectivity index is 2.25. The lowest BCUT2D eigenvalue weighted by molar-refractivity contribution is 0.205. The molecule has 88 valence electrons. The van der Waals surface area contributed by atoms with E-state index in [9.17, 15) is 4.39 Å². The van der Waals surface area contributed by atoms with Crippen LogP contribution in [0.2, 0.25) is 0 Å². The molecule has 0 radical (unpaired) electrons. The Morgan fingerprint density at radius 1 is 1.25 bits per heavy atom. The normalized spacial score (nSPS) is 28.2. The molecule has 1 aromatic rings. The number of hydrogen-bond donors (Lipinski definition) is 1. The smallest absolute Gasteiger partial charge is 0.126 e. The van der Waals surface area contributed by atoms with Crippen LogP contribution in [0.3, 0.4) is 0 Å². The second-order valence-corrected chi connectivity index (χ2v) is 5.66. The van der Waals surface area contributed by atoms with E-state index in [-0.39, 0.29) is 16.8 Å². The Kier molecular flexibility index (Phi) is 2.79. The predicted molar refractivity (Wildman–Crippen MR) is 64.7 cm³/mol. The molecule has 2 heteroatoms. The quantitative estimate of drug-likeness (QED) is 0.815. The van der Waals surface area contributed by atoms with Crippen molar-refractivity contribution in [1.29, 1.82) is 0 Å². The molecular weight excluding hydrogens is 201 g/mol. The Bertz CT molecular complexity index is 386. The van der Waals surface area contributed by atoms with Crippen molar-refractivity contribution in [2.75, 3.05) is 0 Å². The van der Waals surface area contributed by atoms with Crippen LogP contribution in [-0.4, -0.2) is 5.54 Å². The zero-order chi connectivity index (χ0) is 11.8. The second kappa shape index (κ2) is 3.85. The summed E-state index contributed by atoms with van der Waals surface area (Å²) in [6.07, 6.45) is 3.93. The lowest BCUT2D eigenvalue weighted by atomic mass is 9.72. The zero-order valence-corrected chi connectivity index (χ0v) is 10.1. The number of benzene rings is 1. The highest BCUT2D eigenvalue weighted by molar-refractivity contribution is 5.22. The van der Waals surface area contributed by atoms with Gasteiger partial charge in [0, 0.05) is 5.54 Å². The molecule has 0 bridgehead atoms. The molecular formula is C14H20FN. The fraction of sp³-hybridized carbons (Fsp3) is 0.571. The lowest BCUT2D eigenvalue weighted by Crippen LogP contribution is -2.50. The van der Waals surface area contributed by atoms with E-state index in [2.05, 4.69) is 13.8 Å². The molecule has 16 heavy (non-hydrogen) atoms. The van der Waals surface area contributed by atoms with Crippen LogP contribution in [0, 0.1) is 11.2 Å². The van der Waals surface area contributed by atoms with E-state index in [1.807, 2.05) is 12.1 Å². The van der Waals surface area contributed by atoms with Crippen molar-refractivity contribution in [2.24, 2.45) is 11.1 Å². The average Bonchev–Trinajstić information content (AvgIpc) is 2.45. The molecule has 0 amide bonds. The first-order valence-corrected chi connectivity index (χ1v) is 5.97.